The molecule has 4 nitrogen and oxygen atoms in total. The van der Waals surface area contributed by atoms with Gasteiger partial charge in [-0.3, -0.25) is 14.4 Å². The number of carbonyl (C=O) groups is 3. The lowest BCUT2D eigenvalue weighted by Crippen LogP contribution is -2.44. The van der Waals surface area contributed by atoms with Gasteiger partial charge >= 0.3 is 5.97 Å². The normalized spacial score (nSPS) is 17.3. The van der Waals surface area contributed by atoms with E-state index in [0.29, 0.717) is 12.0 Å². The fourth-order valence-corrected chi connectivity index (χ4v) is 3.28. The summed E-state index contributed by atoms with van der Waals surface area (Å²) in [5.41, 5.74) is -0.681. The third kappa shape index (κ3) is 3.79. The van der Waals surface area contributed by atoms with Crippen LogP contribution >= 0.6 is 0 Å². The Hall–Kier alpha value is -2.23. The van der Waals surface area contributed by atoms with Crippen molar-refractivity contribution in [2.24, 2.45) is 16.2 Å². The van der Waals surface area contributed by atoms with Crippen LogP contribution in [0, 0.1) is 16.2 Å². The van der Waals surface area contributed by atoms with E-state index in [4.69, 9.17) is 4.74 Å². The maximum absolute atomic E-state index is 13.1. The molecule has 1 unspecified atom stereocenters. The SMILES string of the molecule is CC(C)(C)CC(C)(C(=O)OC1=CC(=O)c2ccccc2C1=O)C(C)(C)C. The second-order valence-electron chi connectivity index (χ2n) is 9.46. The molecule has 0 spiro atoms. The lowest BCUT2D eigenvalue weighted by molar-refractivity contribution is -0.159. The Kier molecular flexibility index (Phi) is 5.02. The second-order valence-corrected chi connectivity index (χ2v) is 9.46. The highest BCUT2D eigenvalue weighted by atomic mass is 16.5. The average Bonchev–Trinajstić information content (AvgIpc) is 2.49. The zero-order valence-corrected chi connectivity index (χ0v) is 16.7. The van der Waals surface area contributed by atoms with Crippen molar-refractivity contribution in [3.05, 3.63) is 47.2 Å². The van der Waals surface area contributed by atoms with Crippen LogP contribution in [0.25, 0.3) is 0 Å². The van der Waals surface area contributed by atoms with Crippen LogP contribution in [0.15, 0.2) is 36.1 Å². The van der Waals surface area contributed by atoms with Gasteiger partial charge < -0.3 is 4.74 Å². The number of rotatable bonds is 3. The summed E-state index contributed by atoms with van der Waals surface area (Å²) >= 11 is 0. The summed E-state index contributed by atoms with van der Waals surface area (Å²) in [6.45, 7) is 14.0. The third-order valence-corrected chi connectivity index (χ3v) is 5.12. The first kappa shape index (κ1) is 20.1. The smallest absolute Gasteiger partial charge is 0.317 e. The van der Waals surface area contributed by atoms with E-state index >= 15 is 0 Å². The molecule has 0 aromatic heterocycles. The van der Waals surface area contributed by atoms with Crippen LogP contribution in [0.5, 0.6) is 0 Å². The number of hydrogen-bond donors (Lipinski definition) is 0. The van der Waals surface area contributed by atoms with E-state index in [0.717, 1.165) is 6.08 Å². The molecular formula is C22H28O4. The van der Waals surface area contributed by atoms with Crippen molar-refractivity contribution in [2.75, 3.05) is 0 Å². The summed E-state index contributed by atoms with van der Waals surface area (Å²) in [4.78, 5) is 38.0. The number of benzene rings is 1. The maximum Gasteiger partial charge on any atom is 0.317 e. The van der Waals surface area contributed by atoms with E-state index < -0.39 is 17.2 Å². The standard InChI is InChI=1S/C22H28O4/c1-20(2,3)13-22(7,21(4,5)6)19(25)26-17-12-16(23)14-10-8-9-11-15(14)18(17)24/h8-12H,13H2,1-7H3. The number of allylic oxidation sites excluding steroid dienone is 2. The Morgan fingerprint density at radius 2 is 1.46 bits per heavy atom. The molecule has 0 amide bonds. The molecule has 0 saturated heterocycles. The van der Waals surface area contributed by atoms with Crippen LogP contribution in [0.4, 0.5) is 0 Å². The summed E-state index contributed by atoms with van der Waals surface area (Å²) < 4.78 is 5.52. The van der Waals surface area contributed by atoms with Crippen molar-refractivity contribution >= 4 is 17.5 Å². The molecule has 0 fully saturated rings. The van der Waals surface area contributed by atoms with Gasteiger partial charge in [-0.25, -0.2) is 0 Å². The highest BCUT2D eigenvalue weighted by Crippen LogP contribution is 2.47. The van der Waals surface area contributed by atoms with Gasteiger partial charge in [0.05, 0.1) is 5.41 Å². The molecule has 1 aliphatic rings. The molecule has 1 aromatic carbocycles. The Balaban J connectivity index is 2.36. The minimum Gasteiger partial charge on any atom is -0.422 e. The lowest BCUT2D eigenvalue weighted by atomic mass is 9.61. The minimum absolute atomic E-state index is 0.103. The van der Waals surface area contributed by atoms with E-state index in [2.05, 4.69) is 20.8 Å². The quantitative estimate of drug-likeness (QED) is 0.717. The summed E-state index contributed by atoms with van der Waals surface area (Å²) in [7, 11) is 0. The van der Waals surface area contributed by atoms with E-state index in [-0.39, 0.29) is 27.9 Å². The molecule has 0 saturated carbocycles. The van der Waals surface area contributed by atoms with Crippen molar-refractivity contribution in [3.8, 4) is 0 Å². The van der Waals surface area contributed by atoms with Gasteiger partial charge in [-0.05, 0) is 24.2 Å². The second kappa shape index (κ2) is 6.49. The Morgan fingerprint density at radius 1 is 0.923 bits per heavy atom. The first-order valence-corrected chi connectivity index (χ1v) is 8.88. The van der Waals surface area contributed by atoms with E-state index in [1.165, 1.54) is 0 Å². The number of fused-ring (bicyclic) bond motifs is 1. The fourth-order valence-electron chi connectivity index (χ4n) is 3.28. The summed E-state index contributed by atoms with van der Waals surface area (Å²) in [6.07, 6.45) is 1.72. The van der Waals surface area contributed by atoms with Crippen molar-refractivity contribution in [1.29, 1.82) is 0 Å². The fraction of sp³-hybridized carbons (Fsp3) is 0.500. The van der Waals surface area contributed by atoms with E-state index in [9.17, 15) is 14.4 Å². The average molecular weight is 356 g/mol. The highest BCUT2D eigenvalue weighted by Gasteiger charge is 2.48. The van der Waals surface area contributed by atoms with Crippen LogP contribution in [-0.2, 0) is 9.53 Å². The van der Waals surface area contributed by atoms with Gasteiger partial charge in [-0.15, -0.1) is 0 Å². The molecule has 0 aliphatic heterocycles. The zero-order valence-electron chi connectivity index (χ0n) is 16.7. The van der Waals surface area contributed by atoms with Crippen molar-refractivity contribution in [1.82, 2.24) is 0 Å². The van der Waals surface area contributed by atoms with Crippen LogP contribution in [0.3, 0.4) is 0 Å². The van der Waals surface area contributed by atoms with Crippen LogP contribution in [-0.4, -0.2) is 17.5 Å². The third-order valence-electron chi connectivity index (χ3n) is 5.12. The van der Waals surface area contributed by atoms with E-state index in [1.807, 2.05) is 27.7 Å². The number of ether oxygens (including phenoxy) is 1. The molecule has 0 radical (unpaired) electrons. The minimum atomic E-state index is -0.813. The van der Waals surface area contributed by atoms with Gasteiger partial charge in [-0.2, -0.15) is 0 Å². The predicted molar refractivity (Wildman–Crippen MR) is 101 cm³/mol. The van der Waals surface area contributed by atoms with Gasteiger partial charge in [0, 0.05) is 17.2 Å². The van der Waals surface area contributed by atoms with Crippen molar-refractivity contribution in [2.45, 2.75) is 54.9 Å². The molecule has 2 rings (SSSR count). The predicted octanol–water partition coefficient (Wildman–Crippen LogP) is 4.98. The van der Waals surface area contributed by atoms with Crippen LogP contribution in [0.1, 0.15) is 75.6 Å². The van der Waals surface area contributed by atoms with E-state index in [1.54, 1.807) is 24.3 Å². The number of Topliss-reactive ketones (excluding diaryl/α,β-unsaturated/α-hetero) is 1. The number of esters is 1. The monoisotopic (exact) mass is 356 g/mol. The molecule has 0 N–H and O–H groups in total. The molecule has 4 heteroatoms. The molecule has 0 heterocycles. The van der Waals surface area contributed by atoms with Gasteiger partial charge in [0.25, 0.3) is 0 Å². The first-order valence-electron chi connectivity index (χ1n) is 8.88. The highest BCUT2D eigenvalue weighted by molar-refractivity contribution is 6.24. The van der Waals surface area contributed by atoms with Gasteiger partial charge in [0.2, 0.25) is 5.78 Å². The first-order chi connectivity index (χ1) is 11.8. The van der Waals surface area contributed by atoms with Gasteiger partial charge in [-0.1, -0.05) is 65.8 Å². The molecule has 1 atom stereocenters. The Morgan fingerprint density at radius 3 is 1.96 bits per heavy atom. The topological polar surface area (TPSA) is 60.4 Å². The number of carbonyl (C=O) groups excluding carboxylic acids is 3. The number of ketones is 2. The number of hydrogen-bond acceptors (Lipinski definition) is 4. The Bertz CT molecular complexity index is 787. The summed E-state index contributed by atoms with van der Waals surface area (Å²) in [6, 6.07) is 6.57. The lowest BCUT2D eigenvalue weighted by Gasteiger charge is -2.43. The largest absolute Gasteiger partial charge is 0.422 e. The van der Waals surface area contributed by atoms with Crippen LogP contribution < -0.4 is 0 Å². The molecular weight excluding hydrogens is 328 g/mol. The molecule has 0 bridgehead atoms. The zero-order chi connectivity index (χ0) is 19.9. The molecule has 140 valence electrons. The van der Waals surface area contributed by atoms with Crippen molar-refractivity contribution < 1.29 is 19.1 Å². The summed E-state index contributed by atoms with van der Waals surface area (Å²) in [5.74, 6) is -1.42. The van der Waals surface area contributed by atoms with Gasteiger partial charge in [0.1, 0.15) is 0 Å². The van der Waals surface area contributed by atoms with Gasteiger partial charge in [0.15, 0.2) is 11.5 Å². The maximum atomic E-state index is 13.1. The molecule has 1 aromatic rings. The van der Waals surface area contributed by atoms with Crippen LogP contribution in [0.2, 0.25) is 0 Å². The van der Waals surface area contributed by atoms with Crippen molar-refractivity contribution in [3.63, 3.8) is 0 Å². The Labute approximate surface area is 155 Å². The molecule has 26 heavy (non-hydrogen) atoms. The summed E-state index contributed by atoms with van der Waals surface area (Å²) in [5, 5.41) is 0. The molecule has 1 aliphatic carbocycles.